The SMILES string of the molecule is CC1C(N)CCN1Cc1cccc(C(F)(F)F)c1. The van der Waals surface area contributed by atoms with Crippen molar-refractivity contribution in [3.63, 3.8) is 0 Å². The Labute approximate surface area is 105 Å². The Morgan fingerprint density at radius 1 is 1.39 bits per heavy atom. The topological polar surface area (TPSA) is 29.3 Å². The first-order chi connectivity index (χ1) is 8.38. The first kappa shape index (κ1) is 13.4. The van der Waals surface area contributed by atoms with E-state index in [2.05, 4.69) is 4.90 Å². The minimum atomic E-state index is -4.27. The van der Waals surface area contributed by atoms with Gasteiger partial charge in [0.1, 0.15) is 0 Å². The minimum Gasteiger partial charge on any atom is -0.326 e. The summed E-state index contributed by atoms with van der Waals surface area (Å²) in [5.74, 6) is 0. The van der Waals surface area contributed by atoms with E-state index in [1.165, 1.54) is 12.1 Å². The normalized spacial score (nSPS) is 25.6. The fourth-order valence-electron chi connectivity index (χ4n) is 2.33. The molecule has 0 bridgehead atoms. The lowest BCUT2D eigenvalue weighted by Crippen LogP contribution is -2.36. The smallest absolute Gasteiger partial charge is 0.326 e. The number of likely N-dealkylation sites (tertiary alicyclic amines) is 1. The summed E-state index contributed by atoms with van der Waals surface area (Å²) in [7, 11) is 0. The number of hydrogen-bond acceptors (Lipinski definition) is 2. The monoisotopic (exact) mass is 258 g/mol. The molecule has 100 valence electrons. The molecule has 0 radical (unpaired) electrons. The van der Waals surface area contributed by atoms with Crippen molar-refractivity contribution in [1.82, 2.24) is 4.90 Å². The zero-order chi connectivity index (χ0) is 13.3. The van der Waals surface area contributed by atoms with Crippen LogP contribution in [0.25, 0.3) is 0 Å². The highest BCUT2D eigenvalue weighted by Crippen LogP contribution is 2.30. The zero-order valence-electron chi connectivity index (χ0n) is 10.2. The van der Waals surface area contributed by atoms with E-state index in [9.17, 15) is 13.2 Å². The van der Waals surface area contributed by atoms with Crippen molar-refractivity contribution in [3.05, 3.63) is 35.4 Å². The van der Waals surface area contributed by atoms with Gasteiger partial charge in [0, 0.05) is 25.2 Å². The Hall–Kier alpha value is -1.07. The molecule has 1 aliphatic rings. The first-order valence-corrected chi connectivity index (χ1v) is 6.03. The van der Waals surface area contributed by atoms with Gasteiger partial charge in [-0.05, 0) is 25.0 Å². The van der Waals surface area contributed by atoms with Gasteiger partial charge in [-0.25, -0.2) is 0 Å². The molecule has 0 saturated carbocycles. The second-order valence-corrected chi connectivity index (χ2v) is 4.86. The van der Waals surface area contributed by atoms with Crippen molar-refractivity contribution in [2.45, 2.75) is 38.1 Å². The van der Waals surface area contributed by atoms with Crippen molar-refractivity contribution in [2.75, 3.05) is 6.54 Å². The van der Waals surface area contributed by atoms with E-state index in [4.69, 9.17) is 5.73 Å². The Morgan fingerprint density at radius 3 is 2.67 bits per heavy atom. The number of nitrogens with two attached hydrogens (primary N) is 1. The van der Waals surface area contributed by atoms with Crippen LogP contribution in [0.2, 0.25) is 0 Å². The maximum Gasteiger partial charge on any atom is 0.416 e. The fraction of sp³-hybridized carbons (Fsp3) is 0.538. The minimum absolute atomic E-state index is 0.121. The van der Waals surface area contributed by atoms with Crippen LogP contribution in [-0.4, -0.2) is 23.5 Å². The molecule has 2 rings (SSSR count). The van der Waals surface area contributed by atoms with Crippen LogP contribution in [0.3, 0.4) is 0 Å². The van der Waals surface area contributed by atoms with Gasteiger partial charge >= 0.3 is 6.18 Å². The number of halogens is 3. The molecule has 2 atom stereocenters. The number of benzene rings is 1. The van der Waals surface area contributed by atoms with Crippen LogP contribution in [0.4, 0.5) is 13.2 Å². The van der Waals surface area contributed by atoms with Gasteiger partial charge in [0.05, 0.1) is 5.56 Å². The second kappa shape index (κ2) is 4.90. The fourth-order valence-corrected chi connectivity index (χ4v) is 2.33. The third-order valence-electron chi connectivity index (χ3n) is 3.59. The number of nitrogens with zero attached hydrogens (tertiary/aromatic N) is 1. The van der Waals surface area contributed by atoms with Gasteiger partial charge in [0.25, 0.3) is 0 Å². The van der Waals surface area contributed by atoms with Crippen LogP contribution in [0, 0.1) is 0 Å². The summed E-state index contributed by atoms with van der Waals surface area (Å²) in [5, 5.41) is 0. The molecule has 2 N–H and O–H groups in total. The molecule has 0 amide bonds. The maximum atomic E-state index is 12.6. The molecule has 0 spiro atoms. The Bertz CT molecular complexity index is 417. The highest BCUT2D eigenvalue weighted by atomic mass is 19.4. The molecular formula is C13H17F3N2. The number of hydrogen-bond donors (Lipinski definition) is 1. The number of rotatable bonds is 2. The molecule has 1 fully saturated rings. The highest BCUT2D eigenvalue weighted by Gasteiger charge is 2.31. The molecule has 18 heavy (non-hydrogen) atoms. The summed E-state index contributed by atoms with van der Waals surface area (Å²) in [4.78, 5) is 2.13. The van der Waals surface area contributed by atoms with Gasteiger partial charge in [-0.15, -0.1) is 0 Å². The highest BCUT2D eigenvalue weighted by molar-refractivity contribution is 5.25. The van der Waals surface area contributed by atoms with Crippen LogP contribution in [0.15, 0.2) is 24.3 Å². The lowest BCUT2D eigenvalue weighted by Gasteiger charge is -2.23. The van der Waals surface area contributed by atoms with E-state index in [0.717, 1.165) is 19.0 Å². The van der Waals surface area contributed by atoms with Crippen molar-refractivity contribution in [2.24, 2.45) is 5.73 Å². The molecule has 1 aromatic rings. The van der Waals surface area contributed by atoms with E-state index in [0.29, 0.717) is 12.1 Å². The Morgan fingerprint density at radius 2 is 2.11 bits per heavy atom. The maximum absolute atomic E-state index is 12.6. The molecular weight excluding hydrogens is 241 g/mol. The molecule has 2 unspecified atom stereocenters. The predicted octanol–water partition coefficient (Wildman–Crippen LogP) is 2.63. The van der Waals surface area contributed by atoms with Crippen molar-refractivity contribution < 1.29 is 13.2 Å². The molecule has 5 heteroatoms. The van der Waals surface area contributed by atoms with Crippen LogP contribution in [-0.2, 0) is 12.7 Å². The molecule has 1 heterocycles. The first-order valence-electron chi connectivity index (χ1n) is 6.03. The van der Waals surface area contributed by atoms with Gasteiger partial charge in [-0.2, -0.15) is 13.2 Å². The second-order valence-electron chi connectivity index (χ2n) is 4.86. The van der Waals surface area contributed by atoms with Crippen LogP contribution in [0.1, 0.15) is 24.5 Å². The zero-order valence-corrected chi connectivity index (χ0v) is 10.2. The summed E-state index contributed by atoms with van der Waals surface area (Å²) in [6.07, 6.45) is -3.37. The van der Waals surface area contributed by atoms with E-state index in [1.807, 2.05) is 6.92 Å². The summed E-state index contributed by atoms with van der Waals surface area (Å²) in [5.41, 5.74) is 6.00. The lowest BCUT2D eigenvalue weighted by molar-refractivity contribution is -0.137. The average molecular weight is 258 g/mol. The lowest BCUT2D eigenvalue weighted by atomic mass is 10.1. The molecule has 1 aliphatic heterocycles. The van der Waals surface area contributed by atoms with E-state index < -0.39 is 11.7 Å². The van der Waals surface area contributed by atoms with Gasteiger partial charge in [0.15, 0.2) is 0 Å². The van der Waals surface area contributed by atoms with Crippen LogP contribution >= 0.6 is 0 Å². The Kier molecular flexibility index (Phi) is 3.64. The molecule has 2 nitrogen and oxygen atoms in total. The molecule has 1 saturated heterocycles. The van der Waals surface area contributed by atoms with E-state index in [1.54, 1.807) is 6.07 Å². The van der Waals surface area contributed by atoms with Crippen molar-refractivity contribution >= 4 is 0 Å². The van der Waals surface area contributed by atoms with Crippen LogP contribution in [0.5, 0.6) is 0 Å². The van der Waals surface area contributed by atoms with E-state index >= 15 is 0 Å². The third-order valence-corrected chi connectivity index (χ3v) is 3.59. The molecule has 1 aromatic carbocycles. The van der Waals surface area contributed by atoms with Crippen molar-refractivity contribution in [3.8, 4) is 0 Å². The quantitative estimate of drug-likeness (QED) is 0.883. The summed E-state index contributed by atoms with van der Waals surface area (Å²) in [6, 6.07) is 5.85. The van der Waals surface area contributed by atoms with Gasteiger partial charge in [-0.1, -0.05) is 18.2 Å². The largest absolute Gasteiger partial charge is 0.416 e. The molecule has 0 aliphatic carbocycles. The summed E-state index contributed by atoms with van der Waals surface area (Å²) >= 11 is 0. The van der Waals surface area contributed by atoms with Gasteiger partial charge in [0.2, 0.25) is 0 Å². The van der Waals surface area contributed by atoms with Gasteiger partial charge < -0.3 is 5.73 Å². The van der Waals surface area contributed by atoms with Crippen molar-refractivity contribution in [1.29, 1.82) is 0 Å². The van der Waals surface area contributed by atoms with Gasteiger partial charge in [-0.3, -0.25) is 4.90 Å². The predicted molar refractivity (Wildman–Crippen MR) is 63.9 cm³/mol. The Balaban J connectivity index is 2.11. The molecule has 0 aromatic heterocycles. The third kappa shape index (κ3) is 2.84. The van der Waals surface area contributed by atoms with Crippen LogP contribution < -0.4 is 5.73 Å². The summed E-state index contributed by atoms with van der Waals surface area (Å²) in [6.45, 7) is 3.39. The standard InChI is InChI=1S/C13H17F3N2/c1-9-12(17)5-6-18(9)8-10-3-2-4-11(7-10)13(14,15)16/h2-4,7,9,12H,5-6,8,17H2,1H3. The number of alkyl halides is 3. The average Bonchev–Trinajstić information content (AvgIpc) is 2.60. The summed E-state index contributed by atoms with van der Waals surface area (Å²) < 4.78 is 37.8. The van der Waals surface area contributed by atoms with E-state index in [-0.39, 0.29) is 12.1 Å².